The molecule has 3 rings (SSSR count). The van der Waals surface area contributed by atoms with Gasteiger partial charge in [0, 0.05) is 25.0 Å². The predicted molar refractivity (Wildman–Crippen MR) is 105 cm³/mol. The Morgan fingerprint density at radius 3 is 2.56 bits per heavy atom. The van der Waals surface area contributed by atoms with E-state index in [0.29, 0.717) is 30.8 Å². The lowest BCUT2D eigenvalue weighted by atomic mass is 10.1. The van der Waals surface area contributed by atoms with Gasteiger partial charge in [-0.3, -0.25) is 9.78 Å². The summed E-state index contributed by atoms with van der Waals surface area (Å²) in [5.41, 5.74) is 4.00. The Morgan fingerprint density at radius 2 is 1.78 bits per heavy atom. The number of pyridine rings is 1. The molecule has 27 heavy (non-hydrogen) atoms. The van der Waals surface area contributed by atoms with E-state index in [9.17, 15) is 9.18 Å². The van der Waals surface area contributed by atoms with E-state index in [1.807, 2.05) is 37.3 Å². The molecular weight excluding hydrogens is 341 g/mol. The van der Waals surface area contributed by atoms with Gasteiger partial charge in [-0.1, -0.05) is 42.5 Å². The first-order chi connectivity index (χ1) is 13.1. The van der Waals surface area contributed by atoms with E-state index in [0.717, 1.165) is 16.8 Å². The van der Waals surface area contributed by atoms with Crippen molar-refractivity contribution in [3.63, 3.8) is 0 Å². The van der Waals surface area contributed by atoms with Crippen LogP contribution >= 0.6 is 0 Å². The Kier molecular flexibility index (Phi) is 6.15. The predicted octanol–water partition coefficient (Wildman–Crippen LogP) is 4.11. The van der Waals surface area contributed by atoms with Crippen LogP contribution in [-0.4, -0.2) is 17.4 Å². The van der Waals surface area contributed by atoms with E-state index >= 15 is 0 Å². The molecule has 1 heterocycles. The number of amides is 1. The first-order valence-electron chi connectivity index (χ1n) is 8.89. The third-order valence-corrected chi connectivity index (χ3v) is 4.37. The number of halogens is 1. The number of anilines is 1. The fourth-order valence-electron chi connectivity index (χ4n) is 2.78. The maximum Gasteiger partial charge on any atom is 0.270 e. The average Bonchev–Trinajstić information content (AvgIpc) is 2.69. The molecule has 1 amide bonds. The number of rotatable bonds is 7. The van der Waals surface area contributed by atoms with Crippen molar-refractivity contribution in [2.75, 3.05) is 11.9 Å². The van der Waals surface area contributed by atoms with Gasteiger partial charge in [-0.05, 0) is 48.2 Å². The van der Waals surface area contributed by atoms with Gasteiger partial charge in [0.1, 0.15) is 11.5 Å². The molecule has 5 heteroatoms. The molecule has 0 spiro atoms. The highest BCUT2D eigenvalue weighted by molar-refractivity contribution is 5.93. The monoisotopic (exact) mass is 363 g/mol. The molecule has 0 bridgehead atoms. The minimum atomic E-state index is -0.226. The normalized spacial score (nSPS) is 10.4. The second-order valence-electron chi connectivity index (χ2n) is 6.31. The van der Waals surface area contributed by atoms with Crippen molar-refractivity contribution in [1.29, 1.82) is 0 Å². The number of nitrogens with zero attached hydrogens (tertiary/aromatic N) is 1. The summed E-state index contributed by atoms with van der Waals surface area (Å²) in [6.45, 7) is 3.03. The Labute approximate surface area is 158 Å². The number of carbonyl (C=O) groups is 1. The Hall–Kier alpha value is -3.21. The van der Waals surface area contributed by atoms with Crippen molar-refractivity contribution in [2.45, 2.75) is 19.9 Å². The highest BCUT2D eigenvalue weighted by Gasteiger charge is 2.09. The number of carbonyl (C=O) groups excluding carboxylic acids is 1. The topological polar surface area (TPSA) is 54.0 Å². The lowest BCUT2D eigenvalue weighted by molar-refractivity contribution is 0.0946. The summed E-state index contributed by atoms with van der Waals surface area (Å²) >= 11 is 0. The molecule has 0 saturated heterocycles. The summed E-state index contributed by atoms with van der Waals surface area (Å²) in [4.78, 5) is 16.5. The van der Waals surface area contributed by atoms with E-state index < -0.39 is 0 Å². The Morgan fingerprint density at radius 1 is 1.04 bits per heavy atom. The van der Waals surface area contributed by atoms with Crippen molar-refractivity contribution in [3.8, 4) is 0 Å². The largest absolute Gasteiger partial charge is 0.385 e. The van der Waals surface area contributed by atoms with Gasteiger partial charge < -0.3 is 10.6 Å². The Bertz CT molecular complexity index is 927. The minimum absolute atomic E-state index is 0.203. The van der Waals surface area contributed by atoms with Crippen LogP contribution in [0, 0.1) is 12.7 Å². The summed E-state index contributed by atoms with van der Waals surface area (Å²) in [6.07, 6.45) is 2.15. The van der Waals surface area contributed by atoms with Crippen molar-refractivity contribution in [3.05, 3.63) is 95.1 Å². The summed E-state index contributed by atoms with van der Waals surface area (Å²) < 4.78 is 13.6. The van der Waals surface area contributed by atoms with Crippen LogP contribution in [-0.2, 0) is 13.0 Å². The quantitative estimate of drug-likeness (QED) is 0.664. The standard InChI is InChI=1S/C22H22FN3O/c1-16-6-2-3-8-18(16)15-26-22(27)21-14-19(11-13-25-21)24-12-10-17-7-4-5-9-20(17)23/h2-9,11,13-14H,10,12,15H2,1H3,(H,24,25)(H,26,27). The summed E-state index contributed by atoms with van der Waals surface area (Å²) in [6, 6.07) is 18.1. The van der Waals surface area contributed by atoms with E-state index in [2.05, 4.69) is 15.6 Å². The van der Waals surface area contributed by atoms with Crippen LogP contribution in [0.1, 0.15) is 27.2 Å². The Balaban J connectivity index is 1.55. The number of hydrogen-bond donors (Lipinski definition) is 2. The van der Waals surface area contributed by atoms with E-state index in [1.54, 1.807) is 30.5 Å². The number of hydrogen-bond acceptors (Lipinski definition) is 3. The first-order valence-corrected chi connectivity index (χ1v) is 8.89. The smallest absolute Gasteiger partial charge is 0.270 e. The van der Waals surface area contributed by atoms with Crippen molar-refractivity contribution in [1.82, 2.24) is 10.3 Å². The third-order valence-electron chi connectivity index (χ3n) is 4.37. The zero-order valence-electron chi connectivity index (χ0n) is 15.2. The lowest BCUT2D eigenvalue weighted by Crippen LogP contribution is -2.24. The molecule has 0 aliphatic rings. The van der Waals surface area contributed by atoms with Gasteiger partial charge >= 0.3 is 0 Å². The maximum absolute atomic E-state index is 13.6. The molecule has 0 saturated carbocycles. The number of nitrogens with one attached hydrogen (secondary N) is 2. The molecule has 0 radical (unpaired) electrons. The van der Waals surface area contributed by atoms with Gasteiger partial charge in [0.15, 0.2) is 0 Å². The van der Waals surface area contributed by atoms with Crippen LogP contribution in [0.3, 0.4) is 0 Å². The molecule has 4 nitrogen and oxygen atoms in total. The zero-order chi connectivity index (χ0) is 19.1. The third kappa shape index (κ3) is 5.14. The lowest BCUT2D eigenvalue weighted by Gasteiger charge is -2.10. The van der Waals surface area contributed by atoms with Crippen molar-refractivity contribution >= 4 is 11.6 Å². The van der Waals surface area contributed by atoms with Crippen LogP contribution in [0.5, 0.6) is 0 Å². The van der Waals surface area contributed by atoms with Gasteiger partial charge in [-0.25, -0.2) is 4.39 Å². The summed E-state index contributed by atoms with van der Waals surface area (Å²) in [5.74, 6) is -0.429. The summed E-state index contributed by atoms with van der Waals surface area (Å²) in [7, 11) is 0. The van der Waals surface area contributed by atoms with Crippen LogP contribution in [0.2, 0.25) is 0 Å². The molecule has 138 valence electrons. The zero-order valence-corrected chi connectivity index (χ0v) is 15.2. The van der Waals surface area contributed by atoms with E-state index in [1.165, 1.54) is 6.07 Å². The summed E-state index contributed by atoms with van der Waals surface area (Å²) in [5, 5.41) is 6.11. The molecule has 0 aliphatic heterocycles. The molecule has 0 fully saturated rings. The average molecular weight is 363 g/mol. The maximum atomic E-state index is 13.6. The number of benzene rings is 2. The minimum Gasteiger partial charge on any atom is -0.385 e. The van der Waals surface area contributed by atoms with Crippen LogP contribution in [0.4, 0.5) is 10.1 Å². The number of aryl methyl sites for hydroxylation is 1. The molecule has 0 unspecified atom stereocenters. The fourth-order valence-corrected chi connectivity index (χ4v) is 2.78. The van der Waals surface area contributed by atoms with Gasteiger partial charge in [0.05, 0.1) is 0 Å². The molecule has 2 aromatic carbocycles. The number of aromatic nitrogens is 1. The van der Waals surface area contributed by atoms with Gasteiger partial charge in [0.2, 0.25) is 0 Å². The second kappa shape index (κ2) is 8.94. The molecule has 1 aromatic heterocycles. The second-order valence-corrected chi connectivity index (χ2v) is 6.31. The van der Waals surface area contributed by atoms with E-state index in [-0.39, 0.29) is 11.7 Å². The van der Waals surface area contributed by atoms with Crippen LogP contribution in [0.25, 0.3) is 0 Å². The first kappa shape index (κ1) is 18.6. The molecule has 0 atom stereocenters. The van der Waals surface area contributed by atoms with Crippen LogP contribution < -0.4 is 10.6 Å². The van der Waals surface area contributed by atoms with Gasteiger partial charge in [0.25, 0.3) is 5.91 Å². The van der Waals surface area contributed by atoms with Crippen molar-refractivity contribution in [2.24, 2.45) is 0 Å². The van der Waals surface area contributed by atoms with Crippen LogP contribution in [0.15, 0.2) is 66.9 Å². The molecule has 2 N–H and O–H groups in total. The highest BCUT2D eigenvalue weighted by Crippen LogP contribution is 2.11. The highest BCUT2D eigenvalue weighted by atomic mass is 19.1. The van der Waals surface area contributed by atoms with Crippen molar-refractivity contribution < 1.29 is 9.18 Å². The fraction of sp³-hybridized carbons (Fsp3) is 0.182. The van der Waals surface area contributed by atoms with Gasteiger partial charge in [-0.15, -0.1) is 0 Å². The van der Waals surface area contributed by atoms with Gasteiger partial charge in [-0.2, -0.15) is 0 Å². The molecule has 0 aliphatic carbocycles. The van der Waals surface area contributed by atoms with E-state index in [4.69, 9.17) is 0 Å². The molecular formula is C22H22FN3O. The molecule has 3 aromatic rings. The SMILES string of the molecule is Cc1ccccc1CNC(=O)c1cc(NCCc2ccccc2F)ccn1.